The van der Waals surface area contributed by atoms with E-state index >= 15 is 0 Å². The summed E-state index contributed by atoms with van der Waals surface area (Å²) in [5.41, 5.74) is -0.952. The molecule has 5 nitrogen and oxygen atoms in total. The zero-order valence-electron chi connectivity index (χ0n) is 11.5. The first-order valence-electron chi connectivity index (χ1n) is 6.38. The average molecular weight is 303 g/mol. The molecule has 112 valence electrons. The van der Waals surface area contributed by atoms with Crippen molar-refractivity contribution in [3.8, 4) is 5.75 Å². The molecule has 1 aromatic carbocycles. The molecule has 0 aromatic heterocycles. The molecule has 1 aromatic rings. The molecule has 0 aliphatic carbocycles. The number of rotatable bonds is 5. The predicted octanol–water partition coefficient (Wildman–Crippen LogP) is 1.37. The van der Waals surface area contributed by atoms with Crippen LogP contribution in [0.1, 0.15) is 19.8 Å². The van der Waals surface area contributed by atoms with Crippen molar-refractivity contribution in [3.63, 3.8) is 0 Å². The van der Waals surface area contributed by atoms with Crippen LogP contribution >= 0.6 is 0 Å². The summed E-state index contributed by atoms with van der Waals surface area (Å²) in [6, 6.07) is 3.51. The van der Waals surface area contributed by atoms with E-state index in [1.165, 1.54) is 19.2 Å². The van der Waals surface area contributed by atoms with Gasteiger partial charge in [-0.05, 0) is 24.6 Å². The van der Waals surface area contributed by atoms with Crippen LogP contribution in [0.4, 0.5) is 4.39 Å². The molecule has 0 radical (unpaired) electrons. The molecule has 0 spiro atoms. The fourth-order valence-corrected chi connectivity index (χ4v) is 3.97. The Morgan fingerprint density at radius 2 is 2.10 bits per heavy atom. The van der Waals surface area contributed by atoms with Crippen LogP contribution in [0, 0.1) is 5.82 Å². The summed E-state index contributed by atoms with van der Waals surface area (Å²) in [5.74, 6) is -0.729. The zero-order valence-corrected chi connectivity index (χ0v) is 12.3. The molecule has 0 unspecified atom stereocenters. The standard InChI is InChI=1S/C13H18FNO4S/c1-3-6-13(16)8-15(9-13)20(17,18)10-4-5-12(19-2)11(14)7-10/h4-5,7,16H,3,6,8-9H2,1-2H3. The average Bonchev–Trinajstić information content (AvgIpc) is 2.36. The van der Waals surface area contributed by atoms with E-state index in [1.54, 1.807) is 0 Å². The minimum Gasteiger partial charge on any atom is -0.494 e. The Hall–Kier alpha value is -1.18. The molecule has 1 aliphatic heterocycles. The van der Waals surface area contributed by atoms with Gasteiger partial charge < -0.3 is 9.84 Å². The summed E-state index contributed by atoms with van der Waals surface area (Å²) in [5, 5.41) is 10.0. The third kappa shape index (κ3) is 2.65. The van der Waals surface area contributed by atoms with Crippen LogP contribution in [0.3, 0.4) is 0 Å². The summed E-state index contributed by atoms with van der Waals surface area (Å²) in [6.45, 7) is 2.03. The van der Waals surface area contributed by atoms with Crippen LogP contribution in [0.2, 0.25) is 0 Å². The van der Waals surface area contributed by atoms with Crippen molar-refractivity contribution in [2.75, 3.05) is 20.2 Å². The second-order valence-electron chi connectivity index (χ2n) is 5.04. The lowest BCUT2D eigenvalue weighted by Crippen LogP contribution is -2.63. The molecule has 1 aliphatic rings. The molecule has 1 fully saturated rings. The smallest absolute Gasteiger partial charge is 0.243 e. The molecular weight excluding hydrogens is 285 g/mol. The molecule has 2 rings (SSSR count). The number of β-amino-alcohol motifs (C(OH)–C–C–N with tert-alkyl or cyclic N) is 1. The highest BCUT2D eigenvalue weighted by molar-refractivity contribution is 7.89. The highest BCUT2D eigenvalue weighted by Gasteiger charge is 2.46. The minimum absolute atomic E-state index is 0.00459. The van der Waals surface area contributed by atoms with Gasteiger partial charge in [-0.1, -0.05) is 13.3 Å². The van der Waals surface area contributed by atoms with Crippen molar-refractivity contribution in [2.45, 2.75) is 30.3 Å². The first-order chi connectivity index (χ1) is 9.32. The first-order valence-corrected chi connectivity index (χ1v) is 7.82. The zero-order chi connectivity index (χ0) is 15.0. The van der Waals surface area contributed by atoms with Crippen molar-refractivity contribution in [3.05, 3.63) is 24.0 Å². The van der Waals surface area contributed by atoms with E-state index < -0.39 is 21.4 Å². The van der Waals surface area contributed by atoms with Gasteiger partial charge >= 0.3 is 0 Å². The summed E-state index contributed by atoms with van der Waals surface area (Å²) >= 11 is 0. The van der Waals surface area contributed by atoms with Crippen LogP contribution < -0.4 is 4.74 Å². The number of benzene rings is 1. The molecule has 0 amide bonds. The Morgan fingerprint density at radius 3 is 2.60 bits per heavy atom. The monoisotopic (exact) mass is 303 g/mol. The number of hydrogen-bond donors (Lipinski definition) is 1. The van der Waals surface area contributed by atoms with Gasteiger partial charge in [0.05, 0.1) is 17.6 Å². The summed E-state index contributed by atoms with van der Waals surface area (Å²) in [4.78, 5) is -0.130. The number of hydrogen-bond acceptors (Lipinski definition) is 4. The topological polar surface area (TPSA) is 66.8 Å². The maximum atomic E-state index is 13.6. The summed E-state index contributed by atoms with van der Waals surface area (Å²) in [6.07, 6.45) is 1.33. The largest absolute Gasteiger partial charge is 0.494 e. The summed E-state index contributed by atoms with van der Waals surface area (Å²) < 4.78 is 44.0. The van der Waals surface area contributed by atoms with Crippen LogP contribution in [0.5, 0.6) is 5.75 Å². The van der Waals surface area contributed by atoms with E-state index in [-0.39, 0.29) is 23.7 Å². The number of halogens is 1. The van der Waals surface area contributed by atoms with E-state index in [0.29, 0.717) is 6.42 Å². The van der Waals surface area contributed by atoms with Gasteiger partial charge in [0, 0.05) is 13.1 Å². The Balaban J connectivity index is 2.19. The van der Waals surface area contributed by atoms with Gasteiger partial charge in [0.2, 0.25) is 10.0 Å². The maximum absolute atomic E-state index is 13.6. The van der Waals surface area contributed by atoms with Crippen molar-refractivity contribution in [1.29, 1.82) is 0 Å². The van der Waals surface area contributed by atoms with Crippen molar-refractivity contribution < 1.29 is 22.7 Å². The lowest BCUT2D eigenvalue weighted by molar-refractivity contribution is -0.0653. The Morgan fingerprint density at radius 1 is 1.45 bits per heavy atom. The Kier molecular flexibility index (Phi) is 4.04. The van der Waals surface area contributed by atoms with Gasteiger partial charge in [0.15, 0.2) is 11.6 Å². The van der Waals surface area contributed by atoms with Crippen LogP contribution in [0.25, 0.3) is 0 Å². The SMILES string of the molecule is CCCC1(O)CN(S(=O)(=O)c2ccc(OC)c(F)c2)C1. The lowest BCUT2D eigenvalue weighted by Gasteiger charge is -2.45. The summed E-state index contributed by atoms with van der Waals surface area (Å²) in [7, 11) is -2.45. The van der Waals surface area contributed by atoms with Crippen LogP contribution in [-0.2, 0) is 10.0 Å². The highest BCUT2D eigenvalue weighted by Crippen LogP contribution is 2.32. The van der Waals surface area contributed by atoms with Crippen LogP contribution in [-0.4, -0.2) is 43.6 Å². The number of methoxy groups -OCH3 is 1. The molecule has 0 atom stereocenters. The van der Waals surface area contributed by atoms with Gasteiger partial charge in [0.25, 0.3) is 0 Å². The van der Waals surface area contributed by atoms with Gasteiger partial charge in [0.1, 0.15) is 0 Å². The maximum Gasteiger partial charge on any atom is 0.243 e. The normalized spacial score (nSPS) is 18.6. The fourth-order valence-electron chi connectivity index (χ4n) is 2.36. The molecular formula is C13H18FNO4S. The van der Waals surface area contributed by atoms with Gasteiger partial charge in [-0.15, -0.1) is 0 Å². The fraction of sp³-hybridized carbons (Fsp3) is 0.538. The van der Waals surface area contributed by atoms with E-state index in [1.807, 2.05) is 6.92 Å². The van der Waals surface area contributed by atoms with Gasteiger partial charge in [-0.3, -0.25) is 0 Å². The first kappa shape index (κ1) is 15.2. The Labute approximate surface area is 118 Å². The lowest BCUT2D eigenvalue weighted by atomic mass is 9.92. The number of sulfonamides is 1. The minimum atomic E-state index is -3.76. The predicted molar refractivity (Wildman–Crippen MR) is 71.6 cm³/mol. The third-order valence-electron chi connectivity index (χ3n) is 3.42. The van der Waals surface area contributed by atoms with E-state index in [9.17, 15) is 17.9 Å². The van der Waals surface area contributed by atoms with E-state index in [2.05, 4.69) is 0 Å². The molecule has 1 saturated heterocycles. The number of aliphatic hydroxyl groups is 1. The Bertz CT molecular complexity index is 596. The third-order valence-corrected chi connectivity index (χ3v) is 5.21. The molecule has 1 N–H and O–H groups in total. The highest BCUT2D eigenvalue weighted by atomic mass is 32.2. The second kappa shape index (κ2) is 5.31. The van der Waals surface area contributed by atoms with Crippen LogP contribution in [0.15, 0.2) is 23.1 Å². The molecule has 1 heterocycles. The van der Waals surface area contributed by atoms with Crippen molar-refractivity contribution in [2.24, 2.45) is 0 Å². The second-order valence-corrected chi connectivity index (χ2v) is 6.98. The molecule has 20 heavy (non-hydrogen) atoms. The molecule has 0 saturated carbocycles. The number of nitrogens with zero attached hydrogens (tertiary/aromatic N) is 1. The van der Waals surface area contributed by atoms with E-state index in [0.717, 1.165) is 16.8 Å². The van der Waals surface area contributed by atoms with E-state index in [4.69, 9.17) is 4.74 Å². The number of ether oxygens (including phenoxy) is 1. The quantitative estimate of drug-likeness (QED) is 0.892. The molecule has 7 heteroatoms. The van der Waals surface area contributed by atoms with Crippen molar-refractivity contribution >= 4 is 10.0 Å². The molecule has 0 bridgehead atoms. The van der Waals surface area contributed by atoms with Gasteiger partial charge in [-0.2, -0.15) is 4.31 Å². The van der Waals surface area contributed by atoms with Crippen molar-refractivity contribution in [1.82, 2.24) is 4.31 Å². The van der Waals surface area contributed by atoms with Gasteiger partial charge in [-0.25, -0.2) is 12.8 Å².